The van der Waals surface area contributed by atoms with Crippen LogP contribution in [0.15, 0.2) is 70.5 Å². The highest BCUT2D eigenvalue weighted by molar-refractivity contribution is 7.86. The number of carbonyl (C=O) groups excluding carboxylic acids is 1. The molecule has 13 heteroatoms. The molecule has 0 fully saturated rings. The molecular weight excluding hydrogens is 523 g/mol. The summed E-state index contributed by atoms with van der Waals surface area (Å²) >= 11 is 0. The van der Waals surface area contributed by atoms with E-state index in [0.717, 1.165) is 6.07 Å². The molecule has 0 saturated heterocycles. The van der Waals surface area contributed by atoms with Crippen LogP contribution in [0.1, 0.15) is 15.9 Å². The molecule has 0 aliphatic rings. The molecule has 0 saturated carbocycles. The first-order chi connectivity index (χ1) is 17.3. The highest BCUT2D eigenvalue weighted by Gasteiger charge is 2.26. The number of carbonyl (C=O) groups is 1. The minimum atomic E-state index is -4.83. The molecule has 5 rings (SSSR count). The average Bonchev–Trinajstić information content (AvgIpc) is 2.82. The molecule has 5 aromatic carbocycles. The van der Waals surface area contributed by atoms with E-state index in [-0.39, 0.29) is 43.2 Å². The van der Waals surface area contributed by atoms with E-state index >= 15 is 0 Å². The van der Waals surface area contributed by atoms with Crippen molar-refractivity contribution in [1.29, 1.82) is 0 Å². The fourth-order valence-electron chi connectivity index (χ4n) is 4.53. The van der Waals surface area contributed by atoms with E-state index < -0.39 is 38.2 Å². The molecule has 0 heterocycles. The molecule has 0 atom stereocenters. The molecule has 188 valence electrons. The van der Waals surface area contributed by atoms with Gasteiger partial charge in [-0.3, -0.25) is 9.11 Å². The fourth-order valence-corrected chi connectivity index (χ4v) is 6.01. The minimum Gasteiger partial charge on any atom is -0.423 e. The van der Waals surface area contributed by atoms with Gasteiger partial charge in [0.25, 0.3) is 20.2 Å². The van der Waals surface area contributed by atoms with Crippen LogP contribution >= 0.6 is 0 Å². The van der Waals surface area contributed by atoms with Gasteiger partial charge in [-0.25, -0.2) is 4.79 Å². The van der Waals surface area contributed by atoms with Crippen molar-refractivity contribution in [1.82, 2.24) is 0 Å². The summed E-state index contributed by atoms with van der Waals surface area (Å²) in [6, 6.07) is 13.3. The van der Waals surface area contributed by atoms with Gasteiger partial charge in [-0.2, -0.15) is 16.8 Å². The maximum absolute atomic E-state index is 12.9. The molecule has 4 N–H and O–H groups in total. The summed E-state index contributed by atoms with van der Waals surface area (Å²) in [5.41, 5.74) is 0.641. The SMILES string of the molecule is Cc1cc(S(=O)(=O)O)c2ccc3c(S(=O)(=O)O)cc(OC(=O)c4ccc(B(O)O)cc4)c4ccc1c2c43. The molecule has 0 amide bonds. The quantitative estimate of drug-likeness (QED) is 0.0851. The molecule has 5 aromatic rings. The normalized spacial score (nSPS) is 12.5. The highest BCUT2D eigenvalue weighted by atomic mass is 32.2. The van der Waals surface area contributed by atoms with Crippen molar-refractivity contribution in [3.63, 3.8) is 0 Å². The first kappa shape index (κ1) is 25.1. The molecule has 0 aromatic heterocycles. The third kappa shape index (κ3) is 4.21. The molecule has 37 heavy (non-hydrogen) atoms. The minimum absolute atomic E-state index is 0.0213. The second-order valence-electron chi connectivity index (χ2n) is 8.47. The zero-order chi connectivity index (χ0) is 26.9. The van der Waals surface area contributed by atoms with Gasteiger partial charge in [-0.05, 0) is 53.0 Å². The van der Waals surface area contributed by atoms with Crippen molar-refractivity contribution >= 4 is 71.1 Å². The Kier molecular flexibility index (Phi) is 5.75. The van der Waals surface area contributed by atoms with E-state index in [9.17, 15) is 40.8 Å². The van der Waals surface area contributed by atoms with Gasteiger partial charge in [-0.15, -0.1) is 0 Å². The lowest BCUT2D eigenvalue weighted by Gasteiger charge is -2.18. The zero-order valence-electron chi connectivity index (χ0n) is 18.9. The monoisotopic (exact) mass is 540 g/mol. The topological polar surface area (TPSA) is 175 Å². The average molecular weight is 540 g/mol. The van der Waals surface area contributed by atoms with Crippen LogP contribution in [0, 0.1) is 6.92 Å². The lowest BCUT2D eigenvalue weighted by Crippen LogP contribution is -2.29. The maximum atomic E-state index is 12.9. The summed E-state index contributed by atoms with van der Waals surface area (Å²) in [6.45, 7) is 1.62. The third-order valence-electron chi connectivity index (χ3n) is 6.19. The van der Waals surface area contributed by atoms with Crippen LogP contribution in [0.5, 0.6) is 5.75 Å². The number of esters is 1. The summed E-state index contributed by atoms with van der Waals surface area (Å²) in [4.78, 5) is 11.9. The number of hydrogen-bond donors (Lipinski definition) is 4. The predicted octanol–water partition coefficient (Wildman–Crippen LogP) is 2.28. The molecule has 0 aliphatic carbocycles. The Morgan fingerprint density at radius 3 is 1.76 bits per heavy atom. The molecule has 0 aliphatic heterocycles. The van der Waals surface area contributed by atoms with Gasteiger partial charge < -0.3 is 14.8 Å². The second-order valence-corrected chi connectivity index (χ2v) is 11.3. The smallest absolute Gasteiger partial charge is 0.423 e. The van der Waals surface area contributed by atoms with Gasteiger partial charge >= 0.3 is 13.1 Å². The van der Waals surface area contributed by atoms with Crippen LogP contribution in [-0.2, 0) is 20.2 Å². The number of benzene rings is 5. The van der Waals surface area contributed by atoms with Crippen LogP contribution in [-0.4, -0.2) is 49.1 Å². The molecule has 0 radical (unpaired) electrons. The van der Waals surface area contributed by atoms with Crippen LogP contribution in [0.3, 0.4) is 0 Å². The van der Waals surface area contributed by atoms with Gasteiger partial charge in [0.1, 0.15) is 15.5 Å². The van der Waals surface area contributed by atoms with Crippen molar-refractivity contribution in [3.8, 4) is 5.75 Å². The Morgan fingerprint density at radius 2 is 1.22 bits per heavy atom. The number of rotatable bonds is 5. The Labute approximate surface area is 210 Å². The standard InChI is InChI=1S/C24H17BO10S2/c1-12-10-20(36(29,30)31)17-8-9-18-21(37(32,33)34)11-19(16-7-6-15(12)22(17)23(16)18)35-24(26)13-2-4-14(5-3-13)25(27)28/h2-11,27-28H,1H3,(H,29,30,31)(H,32,33,34). The van der Waals surface area contributed by atoms with E-state index in [1.807, 2.05) is 0 Å². The van der Waals surface area contributed by atoms with E-state index in [2.05, 4.69) is 0 Å². The van der Waals surface area contributed by atoms with Crippen LogP contribution in [0.2, 0.25) is 0 Å². The zero-order valence-corrected chi connectivity index (χ0v) is 20.5. The third-order valence-corrected chi connectivity index (χ3v) is 7.98. The van der Waals surface area contributed by atoms with Gasteiger partial charge in [0.05, 0.1) is 5.56 Å². The largest absolute Gasteiger partial charge is 0.488 e. The summed E-state index contributed by atoms with van der Waals surface area (Å²) in [5.74, 6) is -1.12. The molecule has 0 bridgehead atoms. The van der Waals surface area contributed by atoms with Crippen molar-refractivity contribution < 1.29 is 45.5 Å². The van der Waals surface area contributed by atoms with Gasteiger partial charge in [-0.1, -0.05) is 30.3 Å². The van der Waals surface area contributed by atoms with E-state index in [1.54, 1.807) is 19.1 Å². The summed E-state index contributed by atoms with van der Waals surface area (Å²) in [7, 11) is -11.2. The first-order valence-corrected chi connectivity index (χ1v) is 13.5. The molecule has 10 nitrogen and oxygen atoms in total. The Bertz CT molecular complexity index is 1950. The maximum Gasteiger partial charge on any atom is 0.488 e. The number of aryl methyl sites for hydroxylation is 1. The summed E-state index contributed by atoms with van der Waals surface area (Å²) in [5, 5.41) is 20.0. The Balaban J connectivity index is 1.82. The predicted molar refractivity (Wildman–Crippen MR) is 136 cm³/mol. The van der Waals surface area contributed by atoms with Crippen molar-refractivity contribution in [2.24, 2.45) is 0 Å². The van der Waals surface area contributed by atoms with Crippen LogP contribution < -0.4 is 10.2 Å². The second kappa shape index (κ2) is 8.48. The van der Waals surface area contributed by atoms with E-state index in [4.69, 9.17) is 4.74 Å². The van der Waals surface area contributed by atoms with Crippen LogP contribution in [0.25, 0.3) is 32.3 Å². The van der Waals surface area contributed by atoms with Gasteiger partial charge in [0.2, 0.25) is 0 Å². The van der Waals surface area contributed by atoms with Crippen molar-refractivity contribution in [2.45, 2.75) is 16.7 Å². The van der Waals surface area contributed by atoms with Gasteiger partial charge in [0, 0.05) is 27.6 Å². The first-order valence-electron chi connectivity index (χ1n) is 10.7. The lowest BCUT2D eigenvalue weighted by atomic mass is 9.80. The van der Waals surface area contributed by atoms with Crippen molar-refractivity contribution in [2.75, 3.05) is 0 Å². The van der Waals surface area contributed by atoms with E-state index in [1.165, 1.54) is 42.5 Å². The Morgan fingerprint density at radius 1 is 0.730 bits per heavy atom. The number of hydrogen-bond acceptors (Lipinski definition) is 8. The molecular formula is C24H17BO10S2. The summed E-state index contributed by atoms with van der Waals surface area (Å²) in [6.07, 6.45) is 0. The van der Waals surface area contributed by atoms with Crippen LogP contribution in [0.4, 0.5) is 0 Å². The Hall–Kier alpha value is -3.59. The highest BCUT2D eigenvalue weighted by Crippen LogP contribution is 2.44. The summed E-state index contributed by atoms with van der Waals surface area (Å²) < 4.78 is 74.1. The molecule has 0 unspecified atom stereocenters. The number of ether oxygens (including phenoxy) is 1. The van der Waals surface area contributed by atoms with E-state index in [0.29, 0.717) is 16.3 Å². The fraction of sp³-hybridized carbons (Fsp3) is 0.0417. The lowest BCUT2D eigenvalue weighted by molar-refractivity contribution is 0.0736. The van der Waals surface area contributed by atoms with Gasteiger partial charge in [0.15, 0.2) is 0 Å². The van der Waals surface area contributed by atoms with Crippen molar-refractivity contribution in [3.05, 3.63) is 71.8 Å². The molecule has 0 spiro atoms.